The second-order valence-electron chi connectivity index (χ2n) is 9.05. The van der Waals surface area contributed by atoms with E-state index >= 15 is 0 Å². The van der Waals surface area contributed by atoms with Gasteiger partial charge in [0.15, 0.2) is 5.96 Å². The summed E-state index contributed by atoms with van der Waals surface area (Å²) in [6.07, 6.45) is 0.851. The number of primary amides is 1. The summed E-state index contributed by atoms with van der Waals surface area (Å²) in [6, 6.07) is 24.8. The van der Waals surface area contributed by atoms with Crippen molar-refractivity contribution in [3.63, 3.8) is 0 Å². The predicted octanol–water partition coefficient (Wildman–Crippen LogP) is 2.05. The molecule has 10 nitrogen and oxygen atoms in total. The van der Waals surface area contributed by atoms with Gasteiger partial charge in [0.2, 0.25) is 11.8 Å². The fraction of sp³-hybridized carbons (Fsp3) is 0.241. The second kappa shape index (κ2) is 14.8. The summed E-state index contributed by atoms with van der Waals surface area (Å²) in [4.78, 5) is 37.9. The predicted molar refractivity (Wildman–Crippen MR) is 151 cm³/mol. The van der Waals surface area contributed by atoms with Gasteiger partial charge in [-0.25, -0.2) is 4.79 Å². The third-order valence-corrected chi connectivity index (χ3v) is 6.07. The molecular formula is C29H35N7O3. The number of guanidine groups is 1. The Kier molecular flexibility index (Phi) is 10.9. The van der Waals surface area contributed by atoms with Crippen molar-refractivity contribution in [3.8, 4) is 0 Å². The number of amides is 4. The van der Waals surface area contributed by atoms with Crippen LogP contribution in [-0.4, -0.2) is 36.4 Å². The maximum absolute atomic E-state index is 13.6. The SMILES string of the molecule is N=C(N)NCCC[C@@H](NC(=O)C(c1ccccc1)c1ccccc1)C(=O)NCc1cccc(CNC(N)=O)c1. The van der Waals surface area contributed by atoms with Crippen LogP contribution in [0.4, 0.5) is 4.79 Å². The van der Waals surface area contributed by atoms with Gasteiger partial charge in [-0.2, -0.15) is 0 Å². The van der Waals surface area contributed by atoms with Gasteiger partial charge in [-0.15, -0.1) is 0 Å². The van der Waals surface area contributed by atoms with Crippen molar-refractivity contribution in [2.45, 2.75) is 37.9 Å². The first kappa shape index (κ1) is 28.7. The Morgan fingerprint density at radius 1 is 0.718 bits per heavy atom. The molecule has 1 atom stereocenters. The van der Waals surface area contributed by atoms with Gasteiger partial charge in [-0.3, -0.25) is 15.0 Å². The van der Waals surface area contributed by atoms with Crippen LogP contribution in [0, 0.1) is 5.41 Å². The highest BCUT2D eigenvalue weighted by atomic mass is 16.2. The summed E-state index contributed by atoms with van der Waals surface area (Å²) < 4.78 is 0. The number of benzene rings is 3. The zero-order chi connectivity index (χ0) is 28.0. The zero-order valence-corrected chi connectivity index (χ0v) is 21.7. The topological polar surface area (TPSA) is 175 Å². The molecule has 3 rings (SSSR count). The second-order valence-corrected chi connectivity index (χ2v) is 9.05. The third-order valence-electron chi connectivity index (χ3n) is 6.07. The van der Waals surface area contributed by atoms with E-state index in [0.717, 1.165) is 22.3 Å². The Hall–Kier alpha value is -4.86. The molecule has 3 aromatic rings. The zero-order valence-electron chi connectivity index (χ0n) is 21.7. The molecule has 0 spiro atoms. The van der Waals surface area contributed by atoms with Gasteiger partial charge in [0, 0.05) is 19.6 Å². The summed E-state index contributed by atoms with van der Waals surface area (Å²) in [5.74, 6) is -1.36. The standard InChI is InChI=1S/C29H35N7O3/c30-28(31)33-16-8-15-24(26(37)34-18-20-9-7-10-21(17-20)19-35-29(32)39)36-27(38)25(22-11-3-1-4-12-22)23-13-5-2-6-14-23/h1-7,9-14,17,24-25H,8,15-16,18-19H2,(H,34,37)(H,36,38)(H4,30,31,33)(H3,32,35,39)/t24-/m1/s1. The van der Waals surface area contributed by atoms with Gasteiger partial charge >= 0.3 is 6.03 Å². The smallest absolute Gasteiger partial charge is 0.312 e. The Morgan fingerprint density at radius 2 is 1.28 bits per heavy atom. The Balaban J connectivity index is 1.73. The summed E-state index contributed by atoms with van der Waals surface area (Å²) in [6.45, 7) is 0.909. The largest absolute Gasteiger partial charge is 0.370 e. The Morgan fingerprint density at radius 3 is 1.82 bits per heavy atom. The number of carbonyl (C=O) groups excluding carboxylic acids is 3. The maximum atomic E-state index is 13.6. The lowest BCUT2D eigenvalue weighted by molar-refractivity contribution is -0.129. The van der Waals surface area contributed by atoms with Gasteiger partial charge in [-0.05, 0) is 35.1 Å². The molecule has 0 radical (unpaired) electrons. The first-order valence-corrected chi connectivity index (χ1v) is 12.7. The van der Waals surface area contributed by atoms with Gasteiger partial charge in [-0.1, -0.05) is 84.9 Å². The number of hydrogen-bond acceptors (Lipinski definition) is 4. The molecule has 9 N–H and O–H groups in total. The molecule has 4 amide bonds. The molecule has 204 valence electrons. The molecule has 0 aromatic heterocycles. The first-order chi connectivity index (χ1) is 18.8. The van der Waals surface area contributed by atoms with E-state index in [2.05, 4.69) is 21.3 Å². The summed E-state index contributed by atoms with van der Waals surface area (Å²) in [7, 11) is 0. The fourth-order valence-electron chi connectivity index (χ4n) is 4.19. The molecule has 0 saturated carbocycles. The van der Waals surface area contributed by atoms with Crippen LogP contribution >= 0.6 is 0 Å². The minimum Gasteiger partial charge on any atom is -0.370 e. The van der Waals surface area contributed by atoms with Crippen LogP contribution in [-0.2, 0) is 22.7 Å². The van der Waals surface area contributed by atoms with Gasteiger partial charge in [0.1, 0.15) is 6.04 Å². The number of hydrogen-bond donors (Lipinski definition) is 7. The van der Waals surface area contributed by atoms with Crippen LogP contribution in [0.15, 0.2) is 84.9 Å². The molecule has 0 aliphatic heterocycles. The molecule has 0 aliphatic rings. The lowest BCUT2D eigenvalue weighted by Gasteiger charge is -2.23. The van der Waals surface area contributed by atoms with Gasteiger partial charge in [0.25, 0.3) is 0 Å². The number of nitrogens with two attached hydrogens (primary N) is 2. The number of nitrogens with one attached hydrogen (secondary N) is 5. The Bertz CT molecular complexity index is 1210. The van der Waals surface area contributed by atoms with Crippen molar-refractivity contribution in [3.05, 3.63) is 107 Å². The molecular weight excluding hydrogens is 494 g/mol. The van der Waals surface area contributed by atoms with Crippen LogP contribution in [0.2, 0.25) is 0 Å². The first-order valence-electron chi connectivity index (χ1n) is 12.7. The molecule has 0 bridgehead atoms. The molecule has 0 aliphatic carbocycles. The molecule has 10 heteroatoms. The summed E-state index contributed by atoms with van der Waals surface area (Å²) in [5.41, 5.74) is 13.8. The molecule has 3 aromatic carbocycles. The van der Waals surface area contributed by atoms with E-state index in [-0.39, 0.29) is 30.9 Å². The van der Waals surface area contributed by atoms with Gasteiger partial charge in [0.05, 0.1) is 5.92 Å². The van der Waals surface area contributed by atoms with E-state index in [0.29, 0.717) is 19.4 Å². The summed E-state index contributed by atoms with van der Waals surface area (Å²) in [5, 5.41) is 18.5. The molecule has 0 unspecified atom stereocenters. The van der Waals surface area contributed by atoms with Crippen molar-refractivity contribution in [2.75, 3.05) is 6.54 Å². The van der Waals surface area contributed by atoms with Crippen molar-refractivity contribution in [1.82, 2.24) is 21.3 Å². The van der Waals surface area contributed by atoms with Crippen LogP contribution in [0.5, 0.6) is 0 Å². The fourth-order valence-corrected chi connectivity index (χ4v) is 4.19. The Labute approximate surface area is 228 Å². The number of urea groups is 1. The highest BCUT2D eigenvalue weighted by molar-refractivity contribution is 5.92. The van der Waals surface area contributed by atoms with E-state index in [9.17, 15) is 14.4 Å². The van der Waals surface area contributed by atoms with Crippen molar-refractivity contribution < 1.29 is 14.4 Å². The van der Waals surface area contributed by atoms with E-state index in [4.69, 9.17) is 16.9 Å². The molecule has 0 heterocycles. The van der Waals surface area contributed by atoms with E-state index in [1.54, 1.807) is 0 Å². The highest BCUT2D eigenvalue weighted by Crippen LogP contribution is 2.25. The monoisotopic (exact) mass is 529 g/mol. The number of carbonyl (C=O) groups is 3. The van der Waals surface area contributed by atoms with Crippen LogP contribution in [0.3, 0.4) is 0 Å². The average Bonchev–Trinajstić information content (AvgIpc) is 2.93. The van der Waals surface area contributed by atoms with E-state index in [1.165, 1.54) is 0 Å². The van der Waals surface area contributed by atoms with Crippen LogP contribution in [0.25, 0.3) is 0 Å². The molecule has 39 heavy (non-hydrogen) atoms. The van der Waals surface area contributed by atoms with Gasteiger partial charge < -0.3 is 32.7 Å². The average molecular weight is 530 g/mol. The van der Waals surface area contributed by atoms with Crippen molar-refractivity contribution in [2.24, 2.45) is 11.5 Å². The van der Waals surface area contributed by atoms with Crippen LogP contribution < -0.4 is 32.7 Å². The molecule has 0 saturated heterocycles. The highest BCUT2D eigenvalue weighted by Gasteiger charge is 2.27. The van der Waals surface area contributed by atoms with E-state index < -0.39 is 18.0 Å². The van der Waals surface area contributed by atoms with Crippen molar-refractivity contribution >= 4 is 23.8 Å². The summed E-state index contributed by atoms with van der Waals surface area (Å²) >= 11 is 0. The number of rotatable bonds is 13. The van der Waals surface area contributed by atoms with Crippen molar-refractivity contribution in [1.29, 1.82) is 5.41 Å². The minimum atomic E-state index is -0.805. The normalized spacial score (nSPS) is 11.3. The van der Waals surface area contributed by atoms with E-state index in [1.807, 2.05) is 84.9 Å². The lowest BCUT2D eigenvalue weighted by Crippen LogP contribution is -2.48. The molecule has 0 fully saturated rings. The third kappa shape index (κ3) is 9.51. The minimum absolute atomic E-state index is 0.154. The quantitative estimate of drug-likeness (QED) is 0.102. The van der Waals surface area contributed by atoms with Crippen LogP contribution in [0.1, 0.15) is 41.0 Å². The maximum Gasteiger partial charge on any atom is 0.312 e. The lowest BCUT2D eigenvalue weighted by atomic mass is 9.90.